The molecule has 1 saturated heterocycles. The van der Waals surface area contributed by atoms with E-state index in [9.17, 15) is 14.7 Å². The van der Waals surface area contributed by atoms with Crippen molar-refractivity contribution in [2.24, 2.45) is 4.99 Å². The average Bonchev–Trinajstić information content (AvgIpc) is 2.96. The van der Waals surface area contributed by atoms with Crippen molar-refractivity contribution in [3.8, 4) is 11.5 Å². The number of halogens is 2. The van der Waals surface area contributed by atoms with Crippen LogP contribution in [0.5, 0.6) is 11.5 Å². The van der Waals surface area contributed by atoms with Crippen molar-refractivity contribution < 1.29 is 24.5 Å². The first-order valence-electron chi connectivity index (χ1n) is 8.07. The van der Waals surface area contributed by atoms with E-state index in [4.69, 9.17) is 9.84 Å². The molecule has 1 aliphatic rings. The summed E-state index contributed by atoms with van der Waals surface area (Å²) in [7, 11) is 3.05. The van der Waals surface area contributed by atoms with Crippen LogP contribution >= 0.6 is 43.6 Å². The highest BCUT2D eigenvalue weighted by Gasteiger charge is 2.31. The highest BCUT2D eigenvalue weighted by Crippen LogP contribution is 2.43. The zero-order valence-electron chi connectivity index (χ0n) is 15.1. The maximum atomic E-state index is 12.6. The topological polar surface area (TPSA) is 99.4 Å². The molecule has 2 aromatic carbocycles. The zero-order chi connectivity index (χ0) is 21.3. The van der Waals surface area contributed by atoms with Crippen LogP contribution < -0.4 is 4.74 Å². The fourth-order valence-electron chi connectivity index (χ4n) is 2.45. The van der Waals surface area contributed by atoms with Crippen molar-refractivity contribution in [1.29, 1.82) is 0 Å². The Labute approximate surface area is 187 Å². The monoisotopic (exact) mass is 540 g/mol. The number of phenols is 1. The third-order valence-electron chi connectivity index (χ3n) is 4.02. The van der Waals surface area contributed by atoms with Gasteiger partial charge in [0.05, 0.1) is 27.7 Å². The Morgan fingerprint density at radius 3 is 2.48 bits per heavy atom. The van der Waals surface area contributed by atoms with Crippen LogP contribution in [0.25, 0.3) is 6.08 Å². The van der Waals surface area contributed by atoms with E-state index in [2.05, 4.69) is 36.9 Å². The van der Waals surface area contributed by atoms with Gasteiger partial charge in [-0.3, -0.25) is 9.69 Å². The number of methoxy groups -OCH3 is 1. The molecule has 1 heterocycles. The number of likely N-dealkylation sites (N-methyl/N-ethyl adjacent to an activating group) is 1. The normalized spacial score (nSPS) is 16.7. The van der Waals surface area contributed by atoms with Crippen LogP contribution in [0.3, 0.4) is 0 Å². The molecule has 1 aliphatic heterocycles. The number of nitrogens with zero attached hydrogens (tertiary/aromatic N) is 2. The summed E-state index contributed by atoms with van der Waals surface area (Å²) in [4.78, 5) is 29.9. The van der Waals surface area contributed by atoms with Crippen molar-refractivity contribution >= 4 is 72.4 Å². The Morgan fingerprint density at radius 2 is 1.90 bits per heavy atom. The lowest BCUT2D eigenvalue weighted by Crippen LogP contribution is -2.23. The highest BCUT2D eigenvalue weighted by atomic mass is 79.9. The van der Waals surface area contributed by atoms with Crippen LogP contribution in [0.15, 0.2) is 49.2 Å². The summed E-state index contributed by atoms with van der Waals surface area (Å²) in [6.45, 7) is 0. The quantitative estimate of drug-likeness (QED) is 0.536. The number of aliphatic imine (C=N–C) groups is 1. The van der Waals surface area contributed by atoms with Gasteiger partial charge < -0.3 is 14.9 Å². The molecule has 0 atom stereocenters. The molecule has 0 saturated carbocycles. The van der Waals surface area contributed by atoms with E-state index in [1.807, 2.05) is 0 Å². The third kappa shape index (κ3) is 4.34. The van der Waals surface area contributed by atoms with E-state index in [1.54, 1.807) is 31.3 Å². The van der Waals surface area contributed by atoms with Crippen molar-refractivity contribution in [2.75, 3.05) is 14.2 Å². The number of benzene rings is 2. The lowest BCUT2D eigenvalue weighted by Gasteiger charge is -2.10. The smallest absolute Gasteiger partial charge is 0.335 e. The summed E-state index contributed by atoms with van der Waals surface area (Å²) in [5.41, 5.74) is 1.34. The summed E-state index contributed by atoms with van der Waals surface area (Å²) >= 11 is 7.89. The first kappa shape index (κ1) is 21.4. The third-order valence-corrected chi connectivity index (χ3v) is 7.24. The molecule has 10 heteroatoms. The van der Waals surface area contributed by atoms with Crippen LogP contribution in [0.1, 0.15) is 15.9 Å². The SMILES string of the molecule is COc1cc(/C=C2\SC(=Nc3ccc(C(=O)O)cc3)N(C)C2=O)c(Br)c(Br)c1O. The van der Waals surface area contributed by atoms with Crippen LogP contribution in [-0.4, -0.2) is 46.3 Å². The molecule has 29 heavy (non-hydrogen) atoms. The Hall–Kier alpha value is -2.30. The second-order valence-corrected chi connectivity index (χ2v) is 8.46. The van der Waals surface area contributed by atoms with Crippen LogP contribution in [-0.2, 0) is 4.79 Å². The summed E-state index contributed by atoms with van der Waals surface area (Å²) in [6.07, 6.45) is 1.68. The lowest BCUT2D eigenvalue weighted by atomic mass is 10.2. The number of carbonyl (C=O) groups is 2. The van der Waals surface area contributed by atoms with Crippen molar-refractivity contribution in [3.63, 3.8) is 0 Å². The number of rotatable bonds is 4. The second-order valence-electron chi connectivity index (χ2n) is 5.87. The van der Waals surface area contributed by atoms with E-state index >= 15 is 0 Å². The van der Waals surface area contributed by atoms with Crippen LogP contribution in [0, 0.1) is 0 Å². The van der Waals surface area contributed by atoms with Gasteiger partial charge in [0, 0.05) is 11.5 Å². The van der Waals surface area contributed by atoms with Gasteiger partial charge in [0.15, 0.2) is 16.7 Å². The second kappa shape index (κ2) is 8.60. The predicted molar refractivity (Wildman–Crippen MR) is 119 cm³/mol. The molecular weight excluding hydrogens is 528 g/mol. The molecule has 0 bridgehead atoms. The highest BCUT2D eigenvalue weighted by molar-refractivity contribution is 9.13. The molecule has 1 amide bonds. The number of carboxylic acid groups (broad SMARTS) is 1. The molecule has 3 rings (SSSR count). The molecule has 150 valence electrons. The Balaban J connectivity index is 1.95. The van der Waals surface area contributed by atoms with Gasteiger partial charge in [-0.05, 0) is 85.6 Å². The number of amides is 1. The van der Waals surface area contributed by atoms with Gasteiger partial charge in [0.25, 0.3) is 5.91 Å². The number of ether oxygens (including phenoxy) is 1. The predicted octanol–water partition coefficient (Wildman–Crippen LogP) is 4.86. The average molecular weight is 542 g/mol. The van der Waals surface area contributed by atoms with Gasteiger partial charge in [-0.1, -0.05) is 0 Å². The maximum absolute atomic E-state index is 12.6. The minimum absolute atomic E-state index is 0.0453. The number of hydrogen-bond acceptors (Lipinski definition) is 6. The van der Waals surface area contributed by atoms with Crippen LogP contribution in [0.2, 0.25) is 0 Å². The van der Waals surface area contributed by atoms with Gasteiger partial charge in [-0.25, -0.2) is 9.79 Å². The van der Waals surface area contributed by atoms with Crippen LogP contribution in [0.4, 0.5) is 5.69 Å². The fourth-order valence-corrected chi connectivity index (χ4v) is 4.27. The summed E-state index contributed by atoms with van der Waals surface area (Å²) in [5.74, 6) is -1.02. The van der Waals surface area contributed by atoms with Crippen molar-refractivity contribution in [2.45, 2.75) is 0 Å². The van der Waals surface area contributed by atoms with Gasteiger partial charge in [0.1, 0.15) is 0 Å². The molecule has 0 spiro atoms. The first-order valence-corrected chi connectivity index (χ1v) is 10.5. The number of thioether (sulfide) groups is 1. The minimum Gasteiger partial charge on any atom is -0.503 e. The molecule has 0 unspecified atom stereocenters. The molecular formula is C19H14Br2N2O5S. The van der Waals surface area contributed by atoms with E-state index in [-0.39, 0.29) is 23.0 Å². The van der Waals surface area contributed by atoms with E-state index in [0.29, 0.717) is 30.3 Å². The number of amidine groups is 1. The zero-order valence-corrected chi connectivity index (χ0v) is 19.1. The Morgan fingerprint density at radius 1 is 1.24 bits per heavy atom. The van der Waals surface area contributed by atoms with E-state index in [1.165, 1.54) is 35.9 Å². The molecule has 2 aromatic rings. The first-order chi connectivity index (χ1) is 13.7. The summed E-state index contributed by atoms with van der Waals surface area (Å²) in [5, 5.41) is 19.5. The maximum Gasteiger partial charge on any atom is 0.335 e. The van der Waals surface area contributed by atoms with Crippen molar-refractivity contribution in [3.05, 3.63) is 55.3 Å². The van der Waals surface area contributed by atoms with Gasteiger partial charge in [0.2, 0.25) is 0 Å². The van der Waals surface area contributed by atoms with E-state index < -0.39 is 5.97 Å². The molecule has 7 nitrogen and oxygen atoms in total. The number of phenolic OH excluding ortho intramolecular Hbond substituents is 1. The Bertz CT molecular complexity index is 1070. The lowest BCUT2D eigenvalue weighted by molar-refractivity contribution is -0.121. The summed E-state index contributed by atoms with van der Waals surface area (Å²) in [6, 6.07) is 7.69. The summed E-state index contributed by atoms with van der Waals surface area (Å²) < 4.78 is 6.16. The number of aromatic carboxylic acids is 1. The van der Waals surface area contributed by atoms with Gasteiger partial charge >= 0.3 is 5.97 Å². The molecule has 0 aromatic heterocycles. The van der Waals surface area contributed by atoms with E-state index in [0.717, 1.165) is 0 Å². The number of aromatic hydroxyl groups is 1. The molecule has 1 fully saturated rings. The molecule has 0 aliphatic carbocycles. The number of carbonyl (C=O) groups excluding carboxylic acids is 1. The van der Waals surface area contributed by atoms with Gasteiger partial charge in [-0.2, -0.15) is 0 Å². The number of hydrogen-bond donors (Lipinski definition) is 2. The van der Waals surface area contributed by atoms with Crippen molar-refractivity contribution in [1.82, 2.24) is 4.90 Å². The largest absolute Gasteiger partial charge is 0.503 e. The fraction of sp³-hybridized carbons (Fsp3) is 0.105. The van der Waals surface area contributed by atoms with Gasteiger partial charge in [-0.15, -0.1) is 0 Å². The molecule has 0 radical (unpaired) electrons. The molecule has 2 N–H and O–H groups in total. The number of carboxylic acids is 1. The standard InChI is InChI=1S/C19H14Br2N2O5S/c1-23-17(25)13(8-10-7-12(28-2)16(24)15(21)14(10)20)29-19(23)22-11-5-3-9(4-6-11)18(26)27/h3-8,24H,1-2H3,(H,26,27)/b13-8-,22-19?. The minimum atomic E-state index is -1.02. The Kier molecular flexibility index (Phi) is 6.35.